The monoisotopic (exact) mass is 448 g/mol. The highest BCUT2D eigenvalue weighted by Crippen LogP contribution is 2.49. The fraction of sp³-hybridized carbons (Fsp3) is 0.133. The highest BCUT2D eigenvalue weighted by molar-refractivity contribution is 5.90. The summed E-state index contributed by atoms with van der Waals surface area (Å²) < 4.78 is 12.2. The molecule has 0 N–H and O–H groups in total. The Kier molecular flexibility index (Phi) is 5.96. The van der Waals surface area contributed by atoms with Gasteiger partial charge in [-0.1, -0.05) is 121 Å². The van der Waals surface area contributed by atoms with E-state index in [2.05, 4.69) is 0 Å². The Bertz CT molecular complexity index is 1220. The average molecular weight is 449 g/mol. The fourth-order valence-corrected chi connectivity index (χ4v) is 4.67. The van der Waals surface area contributed by atoms with Gasteiger partial charge in [-0.05, 0) is 16.7 Å². The van der Waals surface area contributed by atoms with E-state index in [1.54, 1.807) is 0 Å². The zero-order chi connectivity index (χ0) is 23.4. The van der Waals surface area contributed by atoms with Crippen LogP contribution in [0.2, 0.25) is 0 Å². The van der Waals surface area contributed by atoms with Crippen molar-refractivity contribution in [2.45, 2.75) is 24.0 Å². The van der Waals surface area contributed by atoms with Crippen LogP contribution < -0.4 is 0 Å². The van der Waals surface area contributed by atoms with Gasteiger partial charge in [0.25, 0.3) is 0 Å². The van der Waals surface area contributed by atoms with Gasteiger partial charge in [-0.25, -0.2) is 4.79 Å². The van der Waals surface area contributed by atoms with Crippen molar-refractivity contribution < 1.29 is 19.1 Å². The molecule has 2 atom stereocenters. The SMILES string of the molecule is O=C1C[C@@H](c2ccccc2)[C@@](C(=O)OC(c2ccccc2)c2ccccc2)(c2ccccc2)O1. The van der Waals surface area contributed by atoms with Gasteiger partial charge < -0.3 is 9.47 Å². The Morgan fingerprint density at radius 2 is 1.21 bits per heavy atom. The Labute approximate surface area is 198 Å². The molecule has 5 rings (SSSR count). The topological polar surface area (TPSA) is 52.6 Å². The molecule has 1 fully saturated rings. The summed E-state index contributed by atoms with van der Waals surface area (Å²) in [4.78, 5) is 26.9. The normalized spacial score (nSPS) is 19.6. The first kappa shape index (κ1) is 21.7. The van der Waals surface area contributed by atoms with Crippen molar-refractivity contribution in [1.82, 2.24) is 0 Å². The van der Waals surface area contributed by atoms with Gasteiger partial charge in [0, 0.05) is 11.5 Å². The van der Waals surface area contributed by atoms with Crippen LogP contribution in [0.3, 0.4) is 0 Å². The van der Waals surface area contributed by atoms with Crippen LogP contribution in [0.1, 0.15) is 40.7 Å². The Hall–Kier alpha value is -4.18. The zero-order valence-corrected chi connectivity index (χ0v) is 18.5. The second-order valence-electron chi connectivity index (χ2n) is 8.35. The zero-order valence-electron chi connectivity index (χ0n) is 18.5. The summed E-state index contributed by atoms with van der Waals surface area (Å²) in [6.07, 6.45) is -0.554. The van der Waals surface area contributed by atoms with Crippen LogP contribution in [0.4, 0.5) is 0 Å². The highest BCUT2D eigenvalue weighted by Gasteiger charge is 2.58. The van der Waals surface area contributed by atoms with E-state index in [0.717, 1.165) is 16.7 Å². The molecule has 0 saturated carbocycles. The molecule has 0 aromatic heterocycles. The number of benzene rings is 4. The molecule has 0 spiro atoms. The van der Waals surface area contributed by atoms with Gasteiger partial charge >= 0.3 is 11.9 Å². The number of hydrogen-bond donors (Lipinski definition) is 0. The molecule has 0 aliphatic carbocycles. The minimum absolute atomic E-state index is 0.0926. The predicted octanol–water partition coefficient (Wildman–Crippen LogP) is 5.95. The summed E-state index contributed by atoms with van der Waals surface area (Å²) in [7, 11) is 0. The second-order valence-corrected chi connectivity index (χ2v) is 8.35. The van der Waals surface area contributed by atoms with E-state index < -0.39 is 29.6 Å². The summed E-state index contributed by atoms with van der Waals surface area (Å²) in [5, 5.41) is 0. The number of rotatable bonds is 6. The molecule has 4 aromatic rings. The van der Waals surface area contributed by atoms with Gasteiger partial charge in [-0.3, -0.25) is 4.79 Å². The van der Waals surface area contributed by atoms with Crippen molar-refractivity contribution in [2.75, 3.05) is 0 Å². The van der Waals surface area contributed by atoms with E-state index in [-0.39, 0.29) is 6.42 Å². The van der Waals surface area contributed by atoms with Crippen molar-refractivity contribution in [3.63, 3.8) is 0 Å². The molecule has 0 amide bonds. The smallest absolute Gasteiger partial charge is 0.357 e. The number of esters is 2. The molecule has 34 heavy (non-hydrogen) atoms. The van der Waals surface area contributed by atoms with Gasteiger partial charge in [0.05, 0.1) is 6.42 Å². The van der Waals surface area contributed by atoms with Crippen molar-refractivity contribution in [2.24, 2.45) is 0 Å². The van der Waals surface area contributed by atoms with Crippen LogP contribution >= 0.6 is 0 Å². The minimum atomic E-state index is -1.58. The summed E-state index contributed by atoms with van der Waals surface area (Å²) in [6, 6.07) is 37.9. The molecular weight excluding hydrogens is 424 g/mol. The lowest BCUT2D eigenvalue weighted by Gasteiger charge is -2.33. The van der Waals surface area contributed by atoms with E-state index in [0.29, 0.717) is 5.56 Å². The van der Waals surface area contributed by atoms with E-state index >= 15 is 0 Å². The van der Waals surface area contributed by atoms with Gasteiger partial charge in [0.2, 0.25) is 5.60 Å². The van der Waals surface area contributed by atoms with Crippen LogP contribution in [0, 0.1) is 0 Å². The van der Waals surface area contributed by atoms with Crippen molar-refractivity contribution in [1.29, 1.82) is 0 Å². The number of ether oxygens (including phenoxy) is 2. The molecule has 168 valence electrons. The second kappa shape index (κ2) is 9.36. The summed E-state index contributed by atoms with van der Waals surface area (Å²) >= 11 is 0. The summed E-state index contributed by atoms with van der Waals surface area (Å²) in [5.74, 6) is -1.52. The minimum Gasteiger partial charge on any atom is -0.449 e. The van der Waals surface area contributed by atoms with Gasteiger partial charge in [-0.15, -0.1) is 0 Å². The molecule has 1 aliphatic rings. The average Bonchev–Trinajstić information content (AvgIpc) is 3.27. The number of carbonyl (C=O) groups excluding carboxylic acids is 2. The van der Waals surface area contributed by atoms with E-state index in [9.17, 15) is 9.59 Å². The van der Waals surface area contributed by atoms with Crippen molar-refractivity contribution in [3.05, 3.63) is 144 Å². The largest absolute Gasteiger partial charge is 0.449 e. The Morgan fingerprint density at radius 1 is 0.735 bits per heavy atom. The van der Waals surface area contributed by atoms with Crippen LogP contribution in [0.5, 0.6) is 0 Å². The lowest BCUT2D eigenvalue weighted by atomic mass is 9.77. The lowest BCUT2D eigenvalue weighted by Crippen LogP contribution is -2.42. The number of cyclic esters (lactones) is 1. The van der Waals surface area contributed by atoms with Crippen LogP contribution in [0.25, 0.3) is 0 Å². The van der Waals surface area contributed by atoms with Gasteiger partial charge in [0.1, 0.15) is 0 Å². The first-order valence-corrected chi connectivity index (χ1v) is 11.3. The number of carbonyl (C=O) groups is 2. The molecule has 0 unspecified atom stereocenters. The maximum Gasteiger partial charge on any atom is 0.357 e. The third kappa shape index (κ3) is 3.99. The van der Waals surface area contributed by atoms with Crippen LogP contribution in [-0.2, 0) is 24.7 Å². The summed E-state index contributed by atoms with van der Waals surface area (Å²) in [6.45, 7) is 0. The first-order valence-electron chi connectivity index (χ1n) is 11.3. The van der Waals surface area contributed by atoms with Gasteiger partial charge in [0.15, 0.2) is 6.10 Å². The molecule has 1 saturated heterocycles. The number of hydrogen-bond acceptors (Lipinski definition) is 4. The van der Waals surface area contributed by atoms with Crippen LogP contribution in [-0.4, -0.2) is 11.9 Å². The highest BCUT2D eigenvalue weighted by atomic mass is 16.6. The fourth-order valence-electron chi connectivity index (χ4n) is 4.67. The molecule has 1 heterocycles. The van der Waals surface area contributed by atoms with Crippen LogP contribution in [0.15, 0.2) is 121 Å². The quantitative estimate of drug-likeness (QED) is 0.342. The maximum atomic E-state index is 14.2. The maximum absolute atomic E-state index is 14.2. The third-order valence-corrected chi connectivity index (χ3v) is 6.27. The predicted molar refractivity (Wildman–Crippen MR) is 129 cm³/mol. The van der Waals surface area contributed by atoms with Crippen molar-refractivity contribution >= 4 is 11.9 Å². The molecule has 4 nitrogen and oxygen atoms in total. The molecule has 1 aliphatic heterocycles. The first-order chi connectivity index (χ1) is 16.7. The lowest BCUT2D eigenvalue weighted by molar-refractivity contribution is -0.180. The summed E-state index contributed by atoms with van der Waals surface area (Å²) in [5.41, 5.74) is 1.54. The molecular formula is C30H24O4. The van der Waals surface area contributed by atoms with Crippen molar-refractivity contribution in [3.8, 4) is 0 Å². The Morgan fingerprint density at radius 3 is 1.74 bits per heavy atom. The van der Waals surface area contributed by atoms with Gasteiger partial charge in [-0.2, -0.15) is 0 Å². The third-order valence-electron chi connectivity index (χ3n) is 6.27. The molecule has 4 heteroatoms. The standard InChI is InChI=1S/C30H24O4/c31-27-21-26(22-13-5-1-6-14-22)30(34-27,25-19-11-4-12-20-25)29(32)33-28(23-15-7-2-8-16-23)24-17-9-3-10-18-24/h1-20,26,28H,21H2/t26-,30+/m0/s1. The molecule has 4 aromatic carbocycles. The van der Waals surface area contributed by atoms with E-state index in [1.807, 2.05) is 121 Å². The van der Waals surface area contributed by atoms with E-state index in [4.69, 9.17) is 9.47 Å². The Balaban J connectivity index is 1.62. The molecule has 0 bridgehead atoms. The molecule has 0 radical (unpaired) electrons. The van der Waals surface area contributed by atoms with E-state index in [1.165, 1.54) is 0 Å².